The molecule has 1 aliphatic heterocycles. The molecule has 1 aliphatic rings. The van der Waals surface area contributed by atoms with Gasteiger partial charge in [-0.3, -0.25) is 9.59 Å². The first-order valence-corrected chi connectivity index (χ1v) is 8.84. The van der Waals surface area contributed by atoms with Crippen LogP contribution in [0.1, 0.15) is 22.8 Å². The van der Waals surface area contributed by atoms with Gasteiger partial charge in [-0.2, -0.15) is 0 Å². The third-order valence-electron chi connectivity index (χ3n) is 4.83. The Morgan fingerprint density at radius 3 is 2.41 bits per heavy atom. The maximum atomic E-state index is 13.1. The van der Waals surface area contributed by atoms with E-state index < -0.39 is 0 Å². The lowest BCUT2D eigenvalue weighted by Crippen LogP contribution is -2.57. The lowest BCUT2D eigenvalue weighted by Gasteiger charge is -2.39. The zero-order valence-electron chi connectivity index (χ0n) is 16.1. The van der Waals surface area contributed by atoms with Crippen LogP contribution in [0.4, 0.5) is 5.69 Å². The van der Waals surface area contributed by atoms with E-state index in [9.17, 15) is 9.59 Å². The Labute approximate surface area is 159 Å². The second-order valence-electron chi connectivity index (χ2n) is 6.69. The lowest BCUT2D eigenvalue weighted by atomic mass is 10.1. The Morgan fingerprint density at radius 2 is 1.78 bits per heavy atom. The number of rotatable bonds is 4. The van der Waals surface area contributed by atoms with E-state index in [0.29, 0.717) is 23.6 Å². The van der Waals surface area contributed by atoms with Gasteiger partial charge in [-0.25, -0.2) is 0 Å². The van der Waals surface area contributed by atoms with Crippen LogP contribution in [0, 0.1) is 6.92 Å². The molecule has 3 rings (SSSR count). The molecule has 1 fully saturated rings. The summed E-state index contributed by atoms with van der Waals surface area (Å²) in [7, 11) is 3.07. The van der Waals surface area contributed by atoms with Crippen LogP contribution in [0.3, 0.4) is 0 Å². The van der Waals surface area contributed by atoms with Crippen molar-refractivity contribution in [2.75, 3.05) is 32.2 Å². The van der Waals surface area contributed by atoms with Gasteiger partial charge in [0.05, 0.1) is 19.8 Å². The second-order valence-corrected chi connectivity index (χ2v) is 6.69. The molecular formula is C21H24N2O4. The first kappa shape index (κ1) is 18.8. The Hall–Kier alpha value is -3.02. The van der Waals surface area contributed by atoms with Crippen LogP contribution in [-0.2, 0) is 4.79 Å². The number of carbonyl (C=O) groups is 2. The number of anilines is 1. The van der Waals surface area contributed by atoms with Gasteiger partial charge in [-0.1, -0.05) is 17.7 Å². The summed E-state index contributed by atoms with van der Waals surface area (Å²) < 4.78 is 10.5. The van der Waals surface area contributed by atoms with Gasteiger partial charge in [0.2, 0.25) is 5.91 Å². The Kier molecular flexibility index (Phi) is 5.35. The molecule has 0 N–H and O–H groups in total. The summed E-state index contributed by atoms with van der Waals surface area (Å²) in [5.41, 5.74) is 2.41. The van der Waals surface area contributed by atoms with Gasteiger partial charge >= 0.3 is 0 Å². The molecule has 0 bridgehead atoms. The van der Waals surface area contributed by atoms with Crippen molar-refractivity contribution in [3.63, 3.8) is 0 Å². The number of methoxy groups -OCH3 is 2. The first-order valence-electron chi connectivity index (χ1n) is 8.84. The van der Waals surface area contributed by atoms with E-state index in [1.807, 2.05) is 38.1 Å². The molecule has 0 aromatic heterocycles. The quantitative estimate of drug-likeness (QED) is 0.833. The summed E-state index contributed by atoms with van der Waals surface area (Å²) in [6.45, 7) is 4.43. The van der Waals surface area contributed by atoms with E-state index in [2.05, 4.69) is 0 Å². The van der Waals surface area contributed by atoms with Crippen molar-refractivity contribution >= 4 is 17.5 Å². The molecule has 27 heavy (non-hydrogen) atoms. The molecule has 0 radical (unpaired) electrons. The van der Waals surface area contributed by atoms with Crippen LogP contribution >= 0.6 is 0 Å². The molecule has 142 valence electrons. The monoisotopic (exact) mass is 368 g/mol. The van der Waals surface area contributed by atoms with Crippen LogP contribution in [0.5, 0.6) is 11.5 Å². The van der Waals surface area contributed by atoms with E-state index in [4.69, 9.17) is 9.47 Å². The normalized spacial score (nSPS) is 17.0. The topological polar surface area (TPSA) is 59.1 Å². The van der Waals surface area contributed by atoms with Gasteiger partial charge in [0.1, 0.15) is 18.0 Å². The van der Waals surface area contributed by atoms with Crippen molar-refractivity contribution in [2.24, 2.45) is 0 Å². The van der Waals surface area contributed by atoms with Gasteiger partial charge in [0.25, 0.3) is 5.91 Å². The standard InChI is InChI=1S/C21H24N2O4/c1-14-5-7-16(8-6-14)23-12-15(2)22(13-20(23)24)21(25)18-10-9-17(26-3)11-19(18)27-4/h5-11,15H,12-13H2,1-4H3. The molecule has 0 saturated carbocycles. The van der Waals surface area contributed by atoms with Crippen molar-refractivity contribution in [3.8, 4) is 11.5 Å². The Balaban J connectivity index is 1.82. The largest absolute Gasteiger partial charge is 0.497 e. The molecule has 6 nitrogen and oxygen atoms in total. The van der Waals surface area contributed by atoms with Crippen LogP contribution in [0.25, 0.3) is 0 Å². The summed E-state index contributed by atoms with van der Waals surface area (Å²) in [5.74, 6) is 0.716. The molecule has 6 heteroatoms. The number of benzene rings is 2. The number of hydrogen-bond acceptors (Lipinski definition) is 4. The third kappa shape index (κ3) is 3.74. The fourth-order valence-corrected chi connectivity index (χ4v) is 3.23. The summed E-state index contributed by atoms with van der Waals surface area (Å²) in [6, 6.07) is 12.8. The number of amides is 2. The molecule has 0 aliphatic carbocycles. The average Bonchev–Trinajstić information content (AvgIpc) is 2.69. The smallest absolute Gasteiger partial charge is 0.258 e. The van der Waals surface area contributed by atoms with E-state index in [1.165, 1.54) is 7.11 Å². The summed E-state index contributed by atoms with van der Waals surface area (Å²) in [6.07, 6.45) is 0. The zero-order valence-corrected chi connectivity index (χ0v) is 16.1. The molecule has 1 atom stereocenters. The maximum Gasteiger partial charge on any atom is 0.258 e. The summed E-state index contributed by atoms with van der Waals surface area (Å²) in [5, 5.41) is 0. The highest BCUT2D eigenvalue weighted by Crippen LogP contribution is 2.28. The predicted molar refractivity (Wildman–Crippen MR) is 104 cm³/mol. The Morgan fingerprint density at radius 1 is 1.07 bits per heavy atom. The fraction of sp³-hybridized carbons (Fsp3) is 0.333. The minimum absolute atomic E-state index is 0.0308. The van der Waals surface area contributed by atoms with Crippen LogP contribution in [-0.4, -0.2) is 50.1 Å². The Bertz CT molecular complexity index is 848. The van der Waals surface area contributed by atoms with Crippen molar-refractivity contribution < 1.29 is 19.1 Å². The lowest BCUT2D eigenvalue weighted by molar-refractivity contribution is -0.121. The zero-order chi connectivity index (χ0) is 19.6. The number of piperazine rings is 1. The van der Waals surface area contributed by atoms with E-state index in [1.54, 1.807) is 35.1 Å². The number of aryl methyl sites for hydroxylation is 1. The van der Waals surface area contributed by atoms with Gasteiger partial charge in [0, 0.05) is 24.3 Å². The van der Waals surface area contributed by atoms with Crippen molar-refractivity contribution in [1.29, 1.82) is 0 Å². The predicted octanol–water partition coefficient (Wildman–Crippen LogP) is 2.89. The van der Waals surface area contributed by atoms with Crippen molar-refractivity contribution in [2.45, 2.75) is 19.9 Å². The number of ether oxygens (including phenoxy) is 2. The molecular weight excluding hydrogens is 344 g/mol. The third-order valence-corrected chi connectivity index (χ3v) is 4.83. The number of carbonyl (C=O) groups excluding carboxylic acids is 2. The minimum atomic E-state index is -0.223. The van der Waals surface area contributed by atoms with E-state index in [-0.39, 0.29) is 24.4 Å². The molecule has 2 amide bonds. The first-order chi connectivity index (χ1) is 12.9. The van der Waals surface area contributed by atoms with Crippen molar-refractivity contribution in [3.05, 3.63) is 53.6 Å². The number of hydrogen-bond donors (Lipinski definition) is 0. The minimum Gasteiger partial charge on any atom is -0.497 e. The van der Waals surface area contributed by atoms with Gasteiger partial charge < -0.3 is 19.3 Å². The van der Waals surface area contributed by atoms with E-state index >= 15 is 0 Å². The summed E-state index contributed by atoms with van der Waals surface area (Å²) >= 11 is 0. The molecule has 2 aromatic carbocycles. The highest BCUT2D eigenvalue weighted by atomic mass is 16.5. The fourth-order valence-electron chi connectivity index (χ4n) is 3.23. The van der Waals surface area contributed by atoms with Crippen LogP contribution in [0.15, 0.2) is 42.5 Å². The average molecular weight is 368 g/mol. The highest BCUT2D eigenvalue weighted by Gasteiger charge is 2.34. The molecule has 1 unspecified atom stereocenters. The summed E-state index contributed by atoms with van der Waals surface area (Å²) in [4.78, 5) is 29.1. The van der Waals surface area contributed by atoms with Crippen LogP contribution < -0.4 is 14.4 Å². The highest BCUT2D eigenvalue weighted by molar-refractivity contribution is 6.03. The molecule has 0 spiro atoms. The molecule has 1 heterocycles. The van der Waals surface area contributed by atoms with Crippen molar-refractivity contribution in [1.82, 2.24) is 4.90 Å². The number of nitrogens with zero attached hydrogens (tertiary/aromatic N) is 2. The van der Waals surface area contributed by atoms with E-state index in [0.717, 1.165) is 11.3 Å². The molecule has 2 aromatic rings. The maximum absolute atomic E-state index is 13.1. The van der Waals surface area contributed by atoms with Gasteiger partial charge in [0.15, 0.2) is 0 Å². The second kappa shape index (κ2) is 7.70. The van der Waals surface area contributed by atoms with Crippen LogP contribution in [0.2, 0.25) is 0 Å². The van der Waals surface area contributed by atoms with Gasteiger partial charge in [-0.05, 0) is 38.1 Å². The van der Waals surface area contributed by atoms with Gasteiger partial charge in [-0.15, -0.1) is 0 Å². The SMILES string of the molecule is COc1ccc(C(=O)N2CC(=O)N(c3ccc(C)cc3)CC2C)c(OC)c1. The molecule has 1 saturated heterocycles.